The summed E-state index contributed by atoms with van der Waals surface area (Å²) < 4.78 is 15.9. The van der Waals surface area contributed by atoms with Crippen molar-refractivity contribution in [3.05, 3.63) is 27.8 Å². The number of benzene rings is 1. The van der Waals surface area contributed by atoms with Crippen LogP contribution in [0.25, 0.3) is 0 Å². The molecule has 0 unspecified atom stereocenters. The molecule has 1 atom stereocenters. The van der Waals surface area contributed by atoms with Gasteiger partial charge in [0.15, 0.2) is 0 Å². The van der Waals surface area contributed by atoms with Crippen LogP contribution in [-0.4, -0.2) is 53.8 Å². The van der Waals surface area contributed by atoms with Gasteiger partial charge in [0.25, 0.3) is 5.69 Å². The number of methoxy groups -OCH3 is 1. The third kappa shape index (κ3) is 7.06. The number of rotatable bonds is 7. The zero-order valence-corrected chi connectivity index (χ0v) is 20.7. The first-order chi connectivity index (χ1) is 15.6. The van der Waals surface area contributed by atoms with Crippen LogP contribution in [0.2, 0.25) is 0 Å². The number of hydrogen-bond donors (Lipinski definition) is 1. The number of nitro benzene ring substituents is 1. The van der Waals surface area contributed by atoms with Crippen LogP contribution in [0.4, 0.5) is 16.2 Å². The number of nitrogens with zero attached hydrogens (tertiary/aromatic N) is 2. The van der Waals surface area contributed by atoms with Gasteiger partial charge in [-0.05, 0) is 60.5 Å². The Morgan fingerprint density at radius 3 is 2.26 bits per heavy atom. The van der Waals surface area contributed by atoms with Crippen molar-refractivity contribution >= 4 is 29.3 Å². The molecule has 0 aromatic heterocycles. The maximum absolute atomic E-state index is 13.1. The quantitative estimate of drug-likeness (QED) is 0.356. The normalized spacial score (nSPS) is 14.1. The number of nitro groups is 1. The lowest BCUT2D eigenvalue weighted by Gasteiger charge is -2.26. The molecular weight excluding hydrogens is 446 g/mol. The van der Waals surface area contributed by atoms with Crippen LogP contribution in [-0.2, 0) is 25.5 Å². The Morgan fingerprint density at radius 1 is 1.12 bits per heavy atom. The SMILES string of the molecule is COc1ccc([N+](=O)[O-])c2c1CCN2C(=O)CC[C@H](NC(=O)OC(C)(C)C)C(=O)OC(C)(C)C. The summed E-state index contributed by atoms with van der Waals surface area (Å²) in [6, 6.07) is 1.67. The molecule has 1 aliphatic rings. The lowest BCUT2D eigenvalue weighted by molar-refractivity contribution is -0.384. The minimum absolute atomic E-state index is 0.0728. The van der Waals surface area contributed by atoms with Crippen molar-refractivity contribution < 1.29 is 33.5 Å². The largest absolute Gasteiger partial charge is 0.496 e. The van der Waals surface area contributed by atoms with Gasteiger partial charge in [-0.1, -0.05) is 0 Å². The number of ether oxygens (including phenoxy) is 3. The van der Waals surface area contributed by atoms with E-state index in [2.05, 4.69) is 5.32 Å². The van der Waals surface area contributed by atoms with Crippen LogP contribution in [0.3, 0.4) is 0 Å². The lowest BCUT2D eigenvalue weighted by Crippen LogP contribution is -2.46. The Balaban J connectivity index is 2.21. The van der Waals surface area contributed by atoms with Crippen molar-refractivity contribution in [3.8, 4) is 5.75 Å². The first-order valence-corrected chi connectivity index (χ1v) is 11.0. The fourth-order valence-electron chi connectivity index (χ4n) is 3.55. The summed E-state index contributed by atoms with van der Waals surface area (Å²) in [5.74, 6) is -0.663. The number of amides is 2. The van der Waals surface area contributed by atoms with E-state index in [-0.39, 0.29) is 30.8 Å². The standard InChI is InChI=1S/C23H33N3O8/c1-22(2,3)33-20(28)15(24-21(29)34-23(4,5)6)8-11-18(27)25-13-12-14-17(32-7)10-9-16(19(14)25)26(30)31/h9-10,15H,8,11-13H2,1-7H3,(H,24,29)/t15-/m0/s1. The molecule has 0 saturated carbocycles. The van der Waals surface area contributed by atoms with Crippen molar-refractivity contribution in [2.24, 2.45) is 0 Å². The second-order valence-electron chi connectivity index (χ2n) is 9.94. The van der Waals surface area contributed by atoms with E-state index in [0.29, 0.717) is 17.7 Å². The summed E-state index contributed by atoms with van der Waals surface area (Å²) in [5.41, 5.74) is -1.00. The first-order valence-electron chi connectivity index (χ1n) is 11.0. The third-order valence-corrected chi connectivity index (χ3v) is 4.82. The van der Waals surface area contributed by atoms with Crippen LogP contribution in [0.1, 0.15) is 59.9 Å². The molecule has 11 nitrogen and oxygen atoms in total. The molecule has 34 heavy (non-hydrogen) atoms. The predicted molar refractivity (Wildman–Crippen MR) is 124 cm³/mol. The van der Waals surface area contributed by atoms with Crippen LogP contribution >= 0.6 is 0 Å². The van der Waals surface area contributed by atoms with Gasteiger partial charge >= 0.3 is 12.1 Å². The summed E-state index contributed by atoms with van der Waals surface area (Å²) in [6.07, 6.45) is -0.649. The molecule has 11 heteroatoms. The molecule has 1 aliphatic heterocycles. The summed E-state index contributed by atoms with van der Waals surface area (Å²) in [4.78, 5) is 50.4. The maximum atomic E-state index is 13.1. The molecule has 0 saturated heterocycles. The molecule has 1 aromatic rings. The fraction of sp³-hybridized carbons (Fsp3) is 0.609. The Morgan fingerprint density at radius 2 is 1.74 bits per heavy atom. The Bertz CT molecular complexity index is 962. The maximum Gasteiger partial charge on any atom is 0.408 e. The summed E-state index contributed by atoms with van der Waals surface area (Å²) >= 11 is 0. The van der Waals surface area contributed by atoms with Crippen molar-refractivity contribution in [1.29, 1.82) is 0 Å². The van der Waals surface area contributed by atoms with Crippen LogP contribution < -0.4 is 15.0 Å². The van der Waals surface area contributed by atoms with Gasteiger partial charge in [-0.3, -0.25) is 14.9 Å². The highest BCUT2D eigenvalue weighted by atomic mass is 16.6. The van der Waals surface area contributed by atoms with E-state index in [1.54, 1.807) is 41.5 Å². The minimum atomic E-state index is -1.14. The molecule has 0 radical (unpaired) electrons. The second kappa shape index (κ2) is 10.3. The highest BCUT2D eigenvalue weighted by Gasteiger charge is 2.36. The zero-order chi connectivity index (χ0) is 25.8. The van der Waals surface area contributed by atoms with Gasteiger partial charge in [0.2, 0.25) is 5.91 Å². The molecule has 0 fully saturated rings. The van der Waals surface area contributed by atoms with Crippen molar-refractivity contribution in [2.45, 2.75) is 78.0 Å². The molecule has 0 aliphatic carbocycles. The molecule has 1 aromatic carbocycles. The molecule has 0 spiro atoms. The number of carbonyl (C=O) groups excluding carboxylic acids is 3. The number of nitrogens with one attached hydrogen (secondary N) is 1. The Kier molecular flexibility index (Phi) is 8.12. The van der Waals surface area contributed by atoms with Crippen LogP contribution in [0, 0.1) is 10.1 Å². The van der Waals surface area contributed by atoms with Crippen molar-refractivity contribution in [3.63, 3.8) is 0 Å². The van der Waals surface area contributed by atoms with Gasteiger partial charge < -0.3 is 24.4 Å². The third-order valence-electron chi connectivity index (χ3n) is 4.82. The van der Waals surface area contributed by atoms with E-state index in [4.69, 9.17) is 14.2 Å². The minimum Gasteiger partial charge on any atom is -0.496 e. The van der Waals surface area contributed by atoms with Crippen LogP contribution in [0.5, 0.6) is 5.75 Å². The average Bonchev–Trinajstić information content (AvgIpc) is 3.12. The van der Waals surface area contributed by atoms with E-state index >= 15 is 0 Å². The first kappa shape index (κ1) is 26.9. The highest BCUT2D eigenvalue weighted by Crippen LogP contribution is 2.42. The van der Waals surface area contributed by atoms with E-state index < -0.39 is 40.1 Å². The summed E-state index contributed by atoms with van der Waals surface area (Å²) in [7, 11) is 1.46. The van der Waals surface area contributed by atoms with Gasteiger partial charge in [-0.15, -0.1) is 0 Å². The van der Waals surface area contributed by atoms with E-state index in [1.807, 2.05) is 0 Å². The number of carbonyl (C=O) groups is 3. The van der Waals surface area contributed by atoms with E-state index in [0.717, 1.165) is 0 Å². The molecule has 188 valence electrons. The predicted octanol–water partition coefficient (Wildman–Crippen LogP) is 3.51. The van der Waals surface area contributed by atoms with Gasteiger partial charge in [0.1, 0.15) is 28.7 Å². The average molecular weight is 480 g/mol. The van der Waals surface area contributed by atoms with Gasteiger partial charge in [0, 0.05) is 24.6 Å². The lowest BCUT2D eigenvalue weighted by atomic mass is 10.1. The summed E-state index contributed by atoms with van der Waals surface area (Å²) in [5, 5.41) is 14.0. The van der Waals surface area contributed by atoms with Gasteiger partial charge in [0.05, 0.1) is 12.0 Å². The number of fused-ring (bicyclic) bond motifs is 1. The zero-order valence-electron chi connectivity index (χ0n) is 20.7. The van der Waals surface area contributed by atoms with Crippen LogP contribution in [0.15, 0.2) is 12.1 Å². The Hall–Kier alpha value is -3.37. The molecule has 2 rings (SSSR count). The van der Waals surface area contributed by atoms with Gasteiger partial charge in [-0.25, -0.2) is 9.59 Å². The number of anilines is 1. The molecule has 1 N–H and O–H groups in total. The molecule has 2 amide bonds. The molecule has 1 heterocycles. The van der Waals surface area contributed by atoms with Crippen molar-refractivity contribution in [2.75, 3.05) is 18.6 Å². The summed E-state index contributed by atoms with van der Waals surface area (Å²) in [6.45, 7) is 10.4. The molecule has 0 bridgehead atoms. The molecular formula is C23H33N3O8. The number of alkyl carbamates (subject to hydrolysis) is 1. The van der Waals surface area contributed by atoms with E-state index in [9.17, 15) is 24.5 Å². The number of esters is 1. The smallest absolute Gasteiger partial charge is 0.408 e. The Labute approximate surface area is 198 Å². The second-order valence-corrected chi connectivity index (χ2v) is 9.94. The highest BCUT2D eigenvalue weighted by molar-refractivity contribution is 5.99. The number of hydrogen-bond acceptors (Lipinski definition) is 8. The van der Waals surface area contributed by atoms with Crippen molar-refractivity contribution in [1.82, 2.24) is 5.32 Å². The van der Waals surface area contributed by atoms with E-state index in [1.165, 1.54) is 24.1 Å². The fourth-order valence-corrected chi connectivity index (χ4v) is 3.55. The topological polar surface area (TPSA) is 137 Å². The van der Waals surface area contributed by atoms with Gasteiger partial charge in [-0.2, -0.15) is 0 Å². The monoisotopic (exact) mass is 479 g/mol.